The molecule has 11 rings (SSSR count). The Morgan fingerprint density at radius 2 is 1.44 bits per heavy atom. The summed E-state index contributed by atoms with van der Waals surface area (Å²) in [6.45, 7) is 10.2. The van der Waals surface area contributed by atoms with E-state index in [9.17, 15) is 19.2 Å². The first-order chi connectivity index (χ1) is 33.2. The Kier molecular flexibility index (Phi) is 12.2. The summed E-state index contributed by atoms with van der Waals surface area (Å²) in [5.74, 6) is 1.76. The van der Waals surface area contributed by atoms with Gasteiger partial charge in [-0.1, -0.05) is 18.2 Å². The molecule has 5 amide bonds. The van der Waals surface area contributed by atoms with Crippen LogP contribution in [0.4, 0.5) is 16.3 Å². The van der Waals surface area contributed by atoms with E-state index in [1.165, 1.54) is 6.33 Å². The molecular weight excluding hydrogens is 861 g/mol. The molecule has 6 aliphatic heterocycles. The van der Waals surface area contributed by atoms with Gasteiger partial charge in [-0.15, -0.1) is 0 Å². The second-order valence-electron chi connectivity index (χ2n) is 19.4. The van der Waals surface area contributed by atoms with Crippen molar-refractivity contribution in [2.45, 2.75) is 76.0 Å². The van der Waals surface area contributed by atoms with Crippen molar-refractivity contribution in [3.05, 3.63) is 90.3 Å². The van der Waals surface area contributed by atoms with E-state index >= 15 is 0 Å². The first-order valence-corrected chi connectivity index (χ1v) is 24.6. The number of para-hydroxylation sites is 1. The van der Waals surface area contributed by atoms with Gasteiger partial charge >= 0.3 is 6.03 Å². The summed E-state index contributed by atoms with van der Waals surface area (Å²) in [6.07, 6.45) is 8.22. The fraction of sp³-hybridized carbons (Fsp3) is 0.471. The van der Waals surface area contributed by atoms with Gasteiger partial charge in [0.2, 0.25) is 11.8 Å². The number of ether oxygens (including phenoxy) is 1. The average molecular weight is 921 g/mol. The molecule has 0 aliphatic carbocycles. The molecule has 17 heteroatoms. The van der Waals surface area contributed by atoms with Crippen molar-refractivity contribution in [2.75, 3.05) is 82.6 Å². The zero-order valence-corrected chi connectivity index (χ0v) is 38.5. The number of aromatic nitrogens is 4. The van der Waals surface area contributed by atoms with Gasteiger partial charge in [-0.3, -0.25) is 24.6 Å². The van der Waals surface area contributed by atoms with E-state index in [-0.39, 0.29) is 36.2 Å². The molecular formula is C51H60N12O5. The van der Waals surface area contributed by atoms with Crippen molar-refractivity contribution in [2.24, 2.45) is 5.92 Å². The molecule has 0 saturated carbocycles. The number of piperazine rings is 1. The number of rotatable bonds is 9. The summed E-state index contributed by atoms with van der Waals surface area (Å²) >= 11 is 0. The number of nitrogens with two attached hydrogens (primary N) is 1. The molecule has 17 nitrogen and oxygen atoms in total. The van der Waals surface area contributed by atoms with Crippen LogP contribution in [0.2, 0.25) is 0 Å². The van der Waals surface area contributed by atoms with Crippen molar-refractivity contribution in [1.82, 2.24) is 49.6 Å². The highest BCUT2D eigenvalue weighted by molar-refractivity contribution is 6.05. The third kappa shape index (κ3) is 8.84. The molecule has 8 heterocycles. The molecule has 354 valence electrons. The minimum Gasteiger partial charge on any atom is -0.457 e. The lowest BCUT2D eigenvalue weighted by Crippen LogP contribution is -2.56. The third-order valence-electron chi connectivity index (χ3n) is 15.4. The van der Waals surface area contributed by atoms with Crippen LogP contribution in [0.3, 0.4) is 0 Å². The monoisotopic (exact) mass is 920 g/mol. The van der Waals surface area contributed by atoms with Gasteiger partial charge in [0.05, 0.1) is 11.4 Å². The van der Waals surface area contributed by atoms with Crippen LogP contribution < -0.4 is 20.7 Å². The number of piperidine rings is 4. The Morgan fingerprint density at radius 1 is 0.735 bits per heavy atom. The SMILES string of the molecule is Nc1ncnc2c1c(-c1ccc(Oc3ccccc3)cc1)nn2C1CCN(C2CCN(C(=O)N3CCN(CC4CCN(c5ccc6c(c5)CN(C5CCC(=O)NC5=O)C6=O)CC4)CC3)CC2)CC1. The van der Waals surface area contributed by atoms with Crippen LogP contribution in [0, 0.1) is 5.92 Å². The number of anilines is 2. The van der Waals surface area contributed by atoms with Gasteiger partial charge in [-0.2, -0.15) is 5.10 Å². The maximum atomic E-state index is 13.8. The Balaban J connectivity index is 0.615. The molecule has 5 aromatic rings. The maximum Gasteiger partial charge on any atom is 0.320 e. The quantitative estimate of drug-likeness (QED) is 0.181. The average Bonchev–Trinajstić information content (AvgIpc) is 3.93. The zero-order chi connectivity index (χ0) is 46.3. The van der Waals surface area contributed by atoms with Crippen molar-refractivity contribution < 1.29 is 23.9 Å². The summed E-state index contributed by atoms with van der Waals surface area (Å²) in [7, 11) is 0. The van der Waals surface area contributed by atoms with E-state index in [4.69, 9.17) is 15.6 Å². The largest absolute Gasteiger partial charge is 0.457 e. The van der Waals surface area contributed by atoms with Crippen LogP contribution in [0.1, 0.15) is 73.3 Å². The number of nitrogens with zero attached hydrogens (tertiary/aromatic N) is 10. The number of hydrogen-bond acceptors (Lipinski definition) is 12. The Hall–Kier alpha value is -6.59. The Labute approximate surface area is 396 Å². The number of amides is 5. The normalized spacial score (nSPS) is 21.7. The summed E-state index contributed by atoms with van der Waals surface area (Å²) in [4.78, 5) is 73.5. The topological polar surface area (TPSA) is 179 Å². The third-order valence-corrected chi connectivity index (χ3v) is 15.4. The minimum absolute atomic E-state index is 0.136. The fourth-order valence-corrected chi connectivity index (χ4v) is 11.5. The number of benzene rings is 3. The van der Waals surface area contributed by atoms with E-state index in [2.05, 4.69) is 50.5 Å². The van der Waals surface area contributed by atoms with Gasteiger partial charge in [0.15, 0.2) is 5.65 Å². The minimum atomic E-state index is -0.602. The smallest absolute Gasteiger partial charge is 0.320 e. The van der Waals surface area contributed by atoms with E-state index in [0.29, 0.717) is 36.3 Å². The number of nitrogen functional groups attached to an aromatic ring is 1. The summed E-state index contributed by atoms with van der Waals surface area (Å²) in [5.41, 5.74) is 11.7. The van der Waals surface area contributed by atoms with Crippen molar-refractivity contribution in [3.8, 4) is 22.8 Å². The molecule has 6 aliphatic rings. The molecule has 68 heavy (non-hydrogen) atoms. The Bertz CT molecular complexity index is 2660. The molecule has 0 bridgehead atoms. The van der Waals surface area contributed by atoms with Crippen LogP contribution in [0.5, 0.6) is 11.5 Å². The summed E-state index contributed by atoms with van der Waals surface area (Å²) < 4.78 is 8.10. The van der Waals surface area contributed by atoms with Crippen molar-refractivity contribution >= 4 is 46.3 Å². The number of nitrogens with one attached hydrogen (secondary N) is 1. The Morgan fingerprint density at radius 3 is 2.18 bits per heavy atom. The highest BCUT2D eigenvalue weighted by Gasteiger charge is 2.40. The lowest BCUT2D eigenvalue weighted by molar-refractivity contribution is -0.136. The predicted molar refractivity (Wildman–Crippen MR) is 257 cm³/mol. The van der Waals surface area contributed by atoms with Crippen LogP contribution in [-0.4, -0.2) is 152 Å². The molecule has 3 N–H and O–H groups in total. The predicted octanol–water partition coefficient (Wildman–Crippen LogP) is 5.38. The molecule has 1 unspecified atom stereocenters. The molecule has 1 atom stereocenters. The molecule has 5 saturated heterocycles. The molecule has 3 aromatic carbocycles. The lowest BCUT2D eigenvalue weighted by Gasteiger charge is -2.44. The van der Waals surface area contributed by atoms with Crippen molar-refractivity contribution in [3.63, 3.8) is 0 Å². The number of carbonyl (C=O) groups is 4. The van der Waals surface area contributed by atoms with Crippen molar-refractivity contribution in [1.29, 1.82) is 0 Å². The van der Waals surface area contributed by atoms with Gasteiger partial charge in [0, 0.05) is 108 Å². The standard InChI is InChI=1S/C51H60N12O5/c52-47-45-46(35-6-9-41(10-7-35)68-40-4-2-1-3-5-40)56-63(48(45)54-33-53-47)38-18-22-58(23-19-38)37-16-24-60(25-17-37)51(67)61-28-26-57(27-29-61)31-34-14-20-59(21-15-34)39-8-11-42-36(30-39)32-62(50(42)66)43-12-13-44(64)55-49(43)65/h1-11,30,33-34,37-38,43H,12-29,31-32H2,(H2,52,53,54)(H,55,64,65). The second-order valence-corrected chi connectivity index (χ2v) is 19.4. The van der Waals surface area contributed by atoms with Crippen LogP contribution in [-0.2, 0) is 16.1 Å². The second kappa shape index (κ2) is 18.8. The van der Waals surface area contributed by atoms with Crippen LogP contribution in [0.15, 0.2) is 79.1 Å². The number of hydrogen-bond donors (Lipinski definition) is 2. The molecule has 0 radical (unpaired) electrons. The number of imide groups is 1. The van der Waals surface area contributed by atoms with Gasteiger partial charge in [0.1, 0.15) is 35.4 Å². The van der Waals surface area contributed by atoms with Crippen LogP contribution >= 0.6 is 0 Å². The van der Waals surface area contributed by atoms with Crippen LogP contribution in [0.25, 0.3) is 22.3 Å². The van der Waals surface area contributed by atoms with Gasteiger partial charge in [0.25, 0.3) is 5.91 Å². The maximum absolute atomic E-state index is 13.8. The summed E-state index contributed by atoms with van der Waals surface area (Å²) in [5, 5.41) is 8.30. The highest BCUT2D eigenvalue weighted by Crippen LogP contribution is 2.37. The lowest BCUT2D eigenvalue weighted by atomic mass is 9.95. The number of carbonyl (C=O) groups excluding carboxylic acids is 4. The molecule has 2 aromatic heterocycles. The zero-order valence-electron chi connectivity index (χ0n) is 38.5. The van der Waals surface area contributed by atoms with E-state index in [1.54, 1.807) is 4.90 Å². The van der Waals surface area contributed by atoms with E-state index < -0.39 is 6.04 Å². The first kappa shape index (κ1) is 43.9. The fourth-order valence-electron chi connectivity index (χ4n) is 11.5. The van der Waals surface area contributed by atoms with E-state index in [1.807, 2.05) is 66.7 Å². The van der Waals surface area contributed by atoms with Gasteiger partial charge in [-0.25, -0.2) is 19.4 Å². The number of fused-ring (bicyclic) bond motifs is 2. The molecule has 5 fully saturated rings. The molecule has 0 spiro atoms. The summed E-state index contributed by atoms with van der Waals surface area (Å²) in [6, 6.07) is 23.9. The highest BCUT2D eigenvalue weighted by atomic mass is 16.5. The van der Waals surface area contributed by atoms with Gasteiger partial charge < -0.3 is 35.0 Å². The first-order valence-electron chi connectivity index (χ1n) is 24.6. The van der Waals surface area contributed by atoms with Gasteiger partial charge in [-0.05, 0) is 111 Å². The number of likely N-dealkylation sites (tertiary alicyclic amines) is 2. The number of urea groups is 1. The van der Waals surface area contributed by atoms with E-state index in [0.717, 1.165) is 156 Å².